The van der Waals surface area contributed by atoms with Crippen LogP contribution in [0.25, 0.3) is 16.6 Å². The van der Waals surface area contributed by atoms with E-state index in [1.807, 2.05) is 24.3 Å². The molecule has 1 aromatic carbocycles. The van der Waals surface area contributed by atoms with E-state index in [0.717, 1.165) is 5.52 Å². The summed E-state index contributed by atoms with van der Waals surface area (Å²) in [5, 5.41) is 9.62. The molecule has 1 heterocycles. The average molecular weight is 242 g/mol. The first kappa shape index (κ1) is 12.2. The fourth-order valence-corrected chi connectivity index (χ4v) is 1.92. The lowest BCUT2D eigenvalue weighted by molar-refractivity contribution is -0.111. The number of nitrogens with zero attached hydrogens (tertiary/aromatic N) is 2. The van der Waals surface area contributed by atoms with Crippen molar-refractivity contribution in [1.29, 1.82) is 0 Å². The van der Waals surface area contributed by atoms with Gasteiger partial charge in [-0.2, -0.15) is 0 Å². The van der Waals surface area contributed by atoms with Crippen LogP contribution in [-0.4, -0.2) is 20.9 Å². The summed E-state index contributed by atoms with van der Waals surface area (Å²) >= 11 is 0. The minimum absolute atomic E-state index is 0.0322. The SMILES string of the molecule is CC(=O)/C(=C(/C)O)c1nc2ccccc2nc1C. The van der Waals surface area contributed by atoms with Gasteiger partial charge in [-0.05, 0) is 32.9 Å². The van der Waals surface area contributed by atoms with E-state index in [9.17, 15) is 9.90 Å². The summed E-state index contributed by atoms with van der Waals surface area (Å²) < 4.78 is 0. The zero-order valence-corrected chi connectivity index (χ0v) is 10.6. The van der Waals surface area contributed by atoms with Gasteiger partial charge in [0, 0.05) is 0 Å². The van der Waals surface area contributed by atoms with Crippen molar-refractivity contribution in [2.75, 3.05) is 0 Å². The van der Waals surface area contributed by atoms with Crippen molar-refractivity contribution >= 4 is 22.4 Å². The van der Waals surface area contributed by atoms with E-state index in [1.165, 1.54) is 13.8 Å². The van der Waals surface area contributed by atoms with Gasteiger partial charge in [-0.3, -0.25) is 4.79 Å². The molecule has 0 aliphatic carbocycles. The number of fused-ring (bicyclic) bond motifs is 1. The Kier molecular flexibility index (Phi) is 3.10. The van der Waals surface area contributed by atoms with Gasteiger partial charge in [0.2, 0.25) is 0 Å². The summed E-state index contributed by atoms with van der Waals surface area (Å²) in [6.07, 6.45) is 0. The van der Waals surface area contributed by atoms with E-state index in [1.54, 1.807) is 6.92 Å². The average Bonchev–Trinajstić information content (AvgIpc) is 2.29. The lowest BCUT2D eigenvalue weighted by atomic mass is 10.1. The van der Waals surface area contributed by atoms with Crippen molar-refractivity contribution < 1.29 is 9.90 Å². The number of aliphatic hydroxyl groups excluding tert-OH is 1. The van der Waals surface area contributed by atoms with Crippen LogP contribution in [0.5, 0.6) is 0 Å². The maximum atomic E-state index is 11.6. The van der Waals surface area contributed by atoms with Gasteiger partial charge in [0.15, 0.2) is 5.78 Å². The number of aryl methyl sites for hydroxylation is 1. The minimum atomic E-state index is -0.220. The van der Waals surface area contributed by atoms with E-state index in [2.05, 4.69) is 9.97 Å². The first-order valence-electron chi connectivity index (χ1n) is 5.65. The first-order chi connectivity index (χ1) is 8.50. The second-order valence-electron chi connectivity index (χ2n) is 4.16. The molecule has 0 aliphatic rings. The number of aliphatic hydroxyl groups is 1. The molecule has 0 amide bonds. The number of hydrogen-bond donors (Lipinski definition) is 1. The van der Waals surface area contributed by atoms with Crippen molar-refractivity contribution in [3.05, 3.63) is 41.4 Å². The highest BCUT2D eigenvalue weighted by Gasteiger charge is 2.16. The van der Waals surface area contributed by atoms with E-state index in [-0.39, 0.29) is 17.1 Å². The highest BCUT2D eigenvalue weighted by atomic mass is 16.3. The Labute approximate surface area is 105 Å². The molecular formula is C14H14N2O2. The number of aromatic nitrogens is 2. The Hall–Kier alpha value is -2.23. The van der Waals surface area contributed by atoms with Crippen molar-refractivity contribution in [2.24, 2.45) is 0 Å². The van der Waals surface area contributed by atoms with Crippen LogP contribution >= 0.6 is 0 Å². The van der Waals surface area contributed by atoms with E-state index in [4.69, 9.17) is 0 Å². The molecule has 0 fully saturated rings. The second kappa shape index (κ2) is 4.56. The number of hydrogen-bond acceptors (Lipinski definition) is 4. The molecule has 1 N–H and O–H groups in total. The fourth-order valence-electron chi connectivity index (χ4n) is 1.92. The molecule has 0 radical (unpaired) electrons. The summed E-state index contributed by atoms with van der Waals surface area (Å²) in [7, 11) is 0. The Morgan fingerprint density at radius 1 is 1.11 bits per heavy atom. The number of carbonyl (C=O) groups excluding carboxylic acids is 1. The molecule has 4 nitrogen and oxygen atoms in total. The summed E-state index contributed by atoms with van der Waals surface area (Å²) in [5.74, 6) is -0.252. The van der Waals surface area contributed by atoms with Crippen LogP contribution in [0.2, 0.25) is 0 Å². The minimum Gasteiger partial charge on any atom is -0.512 e. The van der Waals surface area contributed by atoms with Crippen molar-refractivity contribution in [3.63, 3.8) is 0 Å². The number of rotatable bonds is 2. The second-order valence-corrected chi connectivity index (χ2v) is 4.16. The Morgan fingerprint density at radius 3 is 2.17 bits per heavy atom. The zero-order valence-electron chi connectivity index (χ0n) is 10.6. The van der Waals surface area contributed by atoms with Gasteiger partial charge in [0.25, 0.3) is 0 Å². The van der Waals surface area contributed by atoms with Gasteiger partial charge in [-0.1, -0.05) is 12.1 Å². The molecule has 92 valence electrons. The molecule has 0 atom stereocenters. The fraction of sp³-hybridized carbons (Fsp3) is 0.214. The van der Waals surface area contributed by atoms with Gasteiger partial charge in [0.05, 0.1) is 28.0 Å². The molecule has 0 spiro atoms. The maximum Gasteiger partial charge on any atom is 0.165 e. The maximum absolute atomic E-state index is 11.6. The predicted molar refractivity (Wildman–Crippen MR) is 70.2 cm³/mol. The quantitative estimate of drug-likeness (QED) is 0.649. The lowest BCUT2D eigenvalue weighted by Crippen LogP contribution is -2.06. The monoisotopic (exact) mass is 242 g/mol. The zero-order chi connectivity index (χ0) is 13.3. The highest BCUT2D eigenvalue weighted by Crippen LogP contribution is 2.22. The molecule has 2 aromatic rings. The molecule has 0 saturated heterocycles. The van der Waals surface area contributed by atoms with Gasteiger partial charge >= 0.3 is 0 Å². The number of para-hydroxylation sites is 2. The molecule has 2 rings (SSSR count). The molecule has 0 aliphatic heterocycles. The Balaban J connectivity index is 2.75. The normalized spacial score (nSPS) is 12.4. The molecular weight excluding hydrogens is 228 g/mol. The van der Waals surface area contributed by atoms with E-state index >= 15 is 0 Å². The number of ketones is 1. The van der Waals surface area contributed by atoms with Crippen LogP contribution in [0.4, 0.5) is 0 Å². The summed E-state index contributed by atoms with van der Waals surface area (Å²) in [4.78, 5) is 20.4. The van der Waals surface area contributed by atoms with Gasteiger partial charge in [0.1, 0.15) is 5.76 Å². The third kappa shape index (κ3) is 2.09. The molecule has 18 heavy (non-hydrogen) atoms. The van der Waals surface area contributed by atoms with Crippen molar-refractivity contribution in [3.8, 4) is 0 Å². The van der Waals surface area contributed by atoms with Crippen molar-refractivity contribution in [2.45, 2.75) is 20.8 Å². The number of carbonyl (C=O) groups is 1. The van der Waals surface area contributed by atoms with Crippen LogP contribution in [0.15, 0.2) is 30.0 Å². The third-order valence-corrected chi connectivity index (χ3v) is 2.70. The highest BCUT2D eigenvalue weighted by molar-refractivity contribution is 6.19. The van der Waals surface area contributed by atoms with Gasteiger partial charge in [-0.15, -0.1) is 0 Å². The number of benzene rings is 1. The topological polar surface area (TPSA) is 63.1 Å². The first-order valence-corrected chi connectivity index (χ1v) is 5.65. The third-order valence-electron chi connectivity index (χ3n) is 2.70. The standard InChI is InChI=1S/C14H14N2O2/c1-8-14(13(9(2)17)10(3)18)16-12-7-5-4-6-11(12)15-8/h4-7,17H,1-3H3/b13-9+. The molecule has 4 heteroatoms. The van der Waals surface area contributed by atoms with Crippen LogP contribution in [-0.2, 0) is 4.79 Å². The van der Waals surface area contributed by atoms with Crippen LogP contribution in [0.3, 0.4) is 0 Å². The molecule has 0 saturated carbocycles. The van der Waals surface area contributed by atoms with Gasteiger partial charge < -0.3 is 5.11 Å². The van der Waals surface area contributed by atoms with Crippen LogP contribution in [0.1, 0.15) is 25.2 Å². The van der Waals surface area contributed by atoms with Crippen LogP contribution in [0, 0.1) is 6.92 Å². The predicted octanol–water partition coefficient (Wildman–Crippen LogP) is 2.82. The summed E-state index contributed by atoms with van der Waals surface area (Å²) in [6.45, 7) is 4.67. The van der Waals surface area contributed by atoms with Crippen molar-refractivity contribution in [1.82, 2.24) is 9.97 Å². The molecule has 1 aromatic heterocycles. The molecule has 0 unspecified atom stereocenters. The van der Waals surface area contributed by atoms with Gasteiger partial charge in [-0.25, -0.2) is 9.97 Å². The summed E-state index contributed by atoms with van der Waals surface area (Å²) in [5.41, 5.74) is 2.79. The van der Waals surface area contributed by atoms with E-state index < -0.39 is 0 Å². The lowest BCUT2D eigenvalue weighted by Gasteiger charge is -2.09. The van der Waals surface area contributed by atoms with E-state index in [0.29, 0.717) is 16.9 Å². The number of allylic oxidation sites excluding steroid dienone is 2. The summed E-state index contributed by atoms with van der Waals surface area (Å²) in [6, 6.07) is 7.44. The Bertz CT molecular complexity index is 656. The Morgan fingerprint density at radius 2 is 1.67 bits per heavy atom. The smallest absolute Gasteiger partial charge is 0.165 e. The number of Topliss-reactive ketones (excluding diaryl/α,β-unsaturated/α-hetero) is 1. The largest absolute Gasteiger partial charge is 0.512 e. The van der Waals surface area contributed by atoms with Crippen LogP contribution < -0.4 is 0 Å². The molecule has 0 bridgehead atoms.